The maximum atomic E-state index is 12.0. The quantitative estimate of drug-likeness (QED) is 0.861. The van der Waals surface area contributed by atoms with Crippen molar-refractivity contribution >= 4 is 36.0 Å². The van der Waals surface area contributed by atoms with Gasteiger partial charge in [0.15, 0.2) is 0 Å². The van der Waals surface area contributed by atoms with Crippen LogP contribution >= 0.6 is 24.0 Å². The minimum absolute atomic E-state index is 0. The molecule has 1 amide bonds. The highest BCUT2D eigenvalue weighted by Crippen LogP contribution is 2.21. The first-order valence-corrected chi connectivity index (χ1v) is 6.77. The number of nitrogens with two attached hydrogens (primary N) is 1. The lowest BCUT2D eigenvalue weighted by Gasteiger charge is -2.13. The molecule has 0 aliphatic carbocycles. The van der Waals surface area contributed by atoms with Crippen molar-refractivity contribution in [2.24, 2.45) is 18.7 Å². The Balaban J connectivity index is 0.00000200. The van der Waals surface area contributed by atoms with Crippen molar-refractivity contribution in [3.63, 3.8) is 0 Å². The van der Waals surface area contributed by atoms with Gasteiger partial charge in [0.25, 0.3) is 0 Å². The van der Waals surface area contributed by atoms with Gasteiger partial charge in [-0.15, -0.1) is 12.4 Å². The van der Waals surface area contributed by atoms with E-state index in [1.165, 1.54) is 0 Å². The van der Waals surface area contributed by atoms with Crippen LogP contribution in [0.25, 0.3) is 6.08 Å². The molecule has 20 heavy (non-hydrogen) atoms. The molecule has 0 spiro atoms. The van der Waals surface area contributed by atoms with Crippen LogP contribution in [0.3, 0.4) is 0 Å². The molecule has 2 N–H and O–H groups in total. The first-order valence-electron chi connectivity index (χ1n) is 6.39. The topological polar surface area (TPSA) is 64.2 Å². The van der Waals surface area contributed by atoms with Crippen LogP contribution in [-0.2, 0) is 11.8 Å². The van der Waals surface area contributed by atoms with Gasteiger partial charge >= 0.3 is 0 Å². The van der Waals surface area contributed by atoms with Crippen molar-refractivity contribution in [3.8, 4) is 0 Å². The number of halogens is 2. The third-order valence-electron chi connectivity index (χ3n) is 3.52. The van der Waals surface area contributed by atoms with Crippen LogP contribution in [0.5, 0.6) is 0 Å². The molecule has 2 heterocycles. The predicted molar refractivity (Wildman–Crippen MR) is 83.0 cm³/mol. The molecule has 0 radical (unpaired) electrons. The van der Waals surface area contributed by atoms with E-state index >= 15 is 0 Å². The third kappa shape index (κ3) is 3.53. The maximum Gasteiger partial charge on any atom is 0.246 e. The van der Waals surface area contributed by atoms with E-state index in [1.807, 2.05) is 11.8 Å². The summed E-state index contributed by atoms with van der Waals surface area (Å²) in [5.41, 5.74) is 7.23. The van der Waals surface area contributed by atoms with Gasteiger partial charge in [-0.25, -0.2) is 0 Å². The first-order chi connectivity index (χ1) is 9.02. The first kappa shape index (κ1) is 17.0. The van der Waals surface area contributed by atoms with Gasteiger partial charge in [-0.3, -0.25) is 9.48 Å². The average molecular weight is 319 g/mol. The van der Waals surface area contributed by atoms with E-state index in [9.17, 15) is 4.79 Å². The Hall–Kier alpha value is -1.04. The Labute approximate surface area is 130 Å². The SMILES string of the molecule is Cc1nn(C)c(Cl)c1C=CC(=O)N1CCC(CN)C1.Cl. The highest BCUT2D eigenvalue weighted by atomic mass is 35.5. The van der Waals surface area contributed by atoms with E-state index in [-0.39, 0.29) is 18.3 Å². The van der Waals surface area contributed by atoms with Crippen LogP contribution in [0, 0.1) is 12.8 Å². The summed E-state index contributed by atoms with van der Waals surface area (Å²) in [5, 5.41) is 4.75. The molecule has 1 aliphatic heterocycles. The Bertz CT molecular complexity index is 513. The minimum atomic E-state index is 0. The zero-order valence-electron chi connectivity index (χ0n) is 11.7. The fraction of sp³-hybridized carbons (Fsp3) is 0.538. The van der Waals surface area contributed by atoms with Gasteiger partial charge in [0.2, 0.25) is 5.91 Å². The molecule has 1 unspecified atom stereocenters. The van der Waals surface area contributed by atoms with Gasteiger partial charge in [-0.2, -0.15) is 5.10 Å². The van der Waals surface area contributed by atoms with E-state index < -0.39 is 0 Å². The molecule has 0 aromatic carbocycles. The van der Waals surface area contributed by atoms with E-state index in [1.54, 1.807) is 23.9 Å². The summed E-state index contributed by atoms with van der Waals surface area (Å²) in [6.45, 7) is 4.04. The number of carbonyl (C=O) groups is 1. The van der Waals surface area contributed by atoms with Crippen LogP contribution < -0.4 is 5.73 Å². The van der Waals surface area contributed by atoms with E-state index in [2.05, 4.69) is 5.10 Å². The molecular weight excluding hydrogens is 299 g/mol. The lowest BCUT2D eigenvalue weighted by Crippen LogP contribution is -2.28. The molecule has 2 rings (SSSR count). The number of rotatable bonds is 3. The van der Waals surface area contributed by atoms with Crippen LogP contribution in [-0.4, -0.2) is 40.2 Å². The molecule has 0 saturated carbocycles. The molecule has 0 bridgehead atoms. The van der Waals surface area contributed by atoms with E-state index in [0.717, 1.165) is 30.8 Å². The van der Waals surface area contributed by atoms with Gasteiger partial charge in [0.1, 0.15) is 5.15 Å². The minimum Gasteiger partial charge on any atom is -0.339 e. The van der Waals surface area contributed by atoms with E-state index in [4.69, 9.17) is 17.3 Å². The van der Waals surface area contributed by atoms with Crippen LogP contribution in [0.4, 0.5) is 0 Å². The number of aryl methyl sites for hydroxylation is 2. The molecule has 5 nitrogen and oxygen atoms in total. The molecule has 1 aromatic heterocycles. The van der Waals surface area contributed by atoms with Crippen LogP contribution in [0.1, 0.15) is 17.7 Å². The normalized spacial score (nSPS) is 18.6. The monoisotopic (exact) mass is 318 g/mol. The molecule has 1 saturated heterocycles. The second-order valence-electron chi connectivity index (χ2n) is 4.92. The lowest BCUT2D eigenvalue weighted by atomic mass is 10.1. The summed E-state index contributed by atoms with van der Waals surface area (Å²) in [6, 6.07) is 0. The number of likely N-dealkylation sites (tertiary alicyclic amines) is 1. The Morgan fingerprint density at radius 3 is 2.80 bits per heavy atom. The summed E-state index contributed by atoms with van der Waals surface area (Å²) in [4.78, 5) is 13.9. The zero-order valence-corrected chi connectivity index (χ0v) is 13.2. The van der Waals surface area contributed by atoms with Crippen molar-refractivity contribution < 1.29 is 4.79 Å². The molecule has 1 atom stereocenters. The maximum absolute atomic E-state index is 12.0. The molecule has 1 aromatic rings. The average Bonchev–Trinajstić information content (AvgIpc) is 2.94. The number of aromatic nitrogens is 2. The molecule has 7 heteroatoms. The Morgan fingerprint density at radius 2 is 2.30 bits per heavy atom. The second-order valence-corrected chi connectivity index (χ2v) is 5.28. The summed E-state index contributed by atoms with van der Waals surface area (Å²) >= 11 is 6.11. The molecule has 1 aliphatic rings. The summed E-state index contributed by atoms with van der Waals surface area (Å²) in [7, 11) is 1.78. The van der Waals surface area contributed by atoms with Gasteiger partial charge in [0, 0.05) is 31.8 Å². The number of carbonyl (C=O) groups excluding carboxylic acids is 1. The Morgan fingerprint density at radius 1 is 1.60 bits per heavy atom. The van der Waals surface area contributed by atoms with Gasteiger partial charge < -0.3 is 10.6 Å². The van der Waals surface area contributed by atoms with Crippen molar-refractivity contribution in [2.75, 3.05) is 19.6 Å². The zero-order chi connectivity index (χ0) is 14.0. The van der Waals surface area contributed by atoms with Gasteiger partial charge in [-0.1, -0.05) is 11.6 Å². The fourth-order valence-corrected chi connectivity index (χ4v) is 2.56. The van der Waals surface area contributed by atoms with Crippen molar-refractivity contribution in [2.45, 2.75) is 13.3 Å². The molecular formula is C13H20Cl2N4O. The highest BCUT2D eigenvalue weighted by molar-refractivity contribution is 6.31. The van der Waals surface area contributed by atoms with Crippen LogP contribution in [0.15, 0.2) is 6.08 Å². The van der Waals surface area contributed by atoms with Gasteiger partial charge in [0.05, 0.1) is 5.69 Å². The van der Waals surface area contributed by atoms with Crippen molar-refractivity contribution in [1.29, 1.82) is 0 Å². The standard InChI is InChI=1S/C13H19ClN4O.ClH/c1-9-11(13(14)17(2)16-9)3-4-12(19)18-6-5-10(7-15)8-18;/h3-4,10H,5-8,15H2,1-2H3;1H. The third-order valence-corrected chi connectivity index (χ3v) is 3.97. The molecule has 1 fully saturated rings. The lowest BCUT2D eigenvalue weighted by molar-refractivity contribution is -0.125. The number of hydrogen-bond donors (Lipinski definition) is 1. The smallest absolute Gasteiger partial charge is 0.246 e. The number of nitrogens with zero attached hydrogens (tertiary/aromatic N) is 3. The van der Waals surface area contributed by atoms with Gasteiger partial charge in [-0.05, 0) is 31.9 Å². The predicted octanol–water partition coefficient (Wildman–Crippen LogP) is 1.62. The van der Waals surface area contributed by atoms with Crippen molar-refractivity contribution in [1.82, 2.24) is 14.7 Å². The van der Waals surface area contributed by atoms with Crippen LogP contribution in [0.2, 0.25) is 5.15 Å². The Kier molecular flexibility index (Phi) is 6.05. The number of hydrogen-bond acceptors (Lipinski definition) is 3. The van der Waals surface area contributed by atoms with Crippen molar-refractivity contribution in [3.05, 3.63) is 22.5 Å². The summed E-state index contributed by atoms with van der Waals surface area (Å²) < 4.78 is 1.60. The highest BCUT2D eigenvalue weighted by Gasteiger charge is 2.23. The second kappa shape index (κ2) is 7.11. The fourth-order valence-electron chi connectivity index (χ4n) is 2.32. The molecule has 112 valence electrons. The largest absolute Gasteiger partial charge is 0.339 e. The summed E-state index contributed by atoms with van der Waals surface area (Å²) in [6.07, 6.45) is 4.29. The number of amides is 1. The van der Waals surface area contributed by atoms with E-state index in [0.29, 0.717) is 17.6 Å². The summed E-state index contributed by atoms with van der Waals surface area (Å²) in [5.74, 6) is 0.441.